The van der Waals surface area contributed by atoms with E-state index in [0.29, 0.717) is 5.56 Å². The fourth-order valence-corrected chi connectivity index (χ4v) is 1.14. The third kappa shape index (κ3) is 2.74. The SMILES string of the molecule is O=C(O)NC(Cl)C(=O)c1ccccc1. The van der Waals surface area contributed by atoms with E-state index in [-0.39, 0.29) is 0 Å². The lowest BCUT2D eigenvalue weighted by Gasteiger charge is -2.07. The molecule has 14 heavy (non-hydrogen) atoms. The highest BCUT2D eigenvalue weighted by atomic mass is 35.5. The van der Waals surface area contributed by atoms with Gasteiger partial charge < -0.3 is 5.11 Å². The average molecular weight is 214 g/mol. The number of Topliss-reactive ketones (excluding diaryl/α,β-unsaturated/α-hetero) is 1. The predicted molar refractivity (Wildman–Crippen MR) is 51.6 cm³/mol. The van der Waals surface area contributed by atoms with Crippen LogP contribution in [0.5, 0.6) is 0 Å². The van der Waals surface area contributed by atoms with Gasteiger partial charge in [-0.3, -0.25) is 10.1 Å². The second-order valence-corrected chi connectivity index (χ2v) is 2.98. The van der Waals surface area contributed by atoms with Gasteiger partial charge in [-0.05, 0) is 0 Å². The van der Waals surface area contributed by atoms with Crippen molar-refractivity contribution in [3.63, 3.8) is 0 Å². The molecule has 1 aromatic carbocycles. The summed E-state index contributed by atoms with van der Waals surface area (Å²) in [6.07, 6.45) is -1.32. The zero-order valence-corrected chi connectivity index (χ0v) is 7.86. The number of hydrogen-bond donors (Lipinski definition) is 2. The van der Waals surface area contributed by atoms with Crippen molar-refractivity contribution in [3.8, 4) is 0 Å². The van der Waals surface area contributed by atoms with Crippen LogP contribution in [0.2, 0.25) is 0 Å². The average Bonchev–Trinajstić information content (AvgIpc) is 2.17. The Morgan fingerprint density at radius 2 is 1.86 bits per heavy atom. The summed E-state index contributed by atoms with van der Waals surface area (Å²) >= 11 is 5.52. The van der Waals surface area contributed by atoms with Crippen LogP contribution in [0.3, 0.4) is 0 Å². The molecule has 74 valence electrons. The van der Waals surface area contributed by atoms with Gasteiger partial charge in [0.25, 0.3) is 0 Å². The Balaban J connectivity index is 2.71. The zero-order valence-electron chi connectivity index (χ0n) is 7.11. The summed E-state index contributed by atoms with van der Waals surface area (Å²) in [5.41, 5.74) is -0.865. The minimum Gasteiger partial charge on any atom is -0.465 e. The first-order valence-corrected chi connectivity index (χ1v) is 4.27. The predicted octanol–water partition coefficient (Wildman–Crippen LogP) is 1.70. The molecule has 0 aromatic heterocycles. The molecule has 0 saturated heterocycles. The molecule has 0 bridgehead atoms. The Morgan fingerprint density at radius 1 is 1.29 bits per heavy atom. The number of benzene rings is 1. The van der Waals surface area contributed by atoms with Crippen molar-refractivity contribution in [2.45, 2.75) is 5.50 Å². The van der Waals surface area contributed by atoms with Crippen molar-refractivity contribution in [2.75, 3.05) is 0 Å². The number of ketones is 1. The number of carboxylic acid groups (broad SMARTS) is 1. The van der Waals surface area contributed by atoms with E-state index in [1.165, 1.54) is 0 Å². The van der Waals surface area contributed by atoms with Gasteiger partial charge in [0.05, 0.1) is 0 Å². The van der Waals surface area contributed by atoms with Crippen LogP contribution >= 0.6 is 11.6 Å². The molecule has 4 nitrogen and oxygen atoms in total. The van der Waals surface area contributed by atoms with Gasteiger partial charge in [0.15, 0.2) is 5.50 Å². The molecule has 2 N–H and O–H groups in total. The minimum atomic E-state index is -1.32. The van der Waals surface area contributed by atoms with Crippen LogP contribution in [0.1, 0.15) is 10.4 Å². The first kappa shape index (κ1) is 10.5. The van der Waals surface area contributed by atoms with Gasteiger partial charge in [-0.2, -0.15) is 0 Å². The van der Waals surface area contributed by atoms with E-state index in [1.54, 1.807) is 30.3 Å². The van der Waals surface area contributed by atoms with E-state index in [0.717, 1.165) is 0 Å². The van der Waals surface area contributed by atoms with Gasteiger partial charge in [0.1, 0.15) is 0 Å². The standard InChI is InChI=1S/C9H8ClNO3/c10-8(11-9(13)14)7(12)6-4-2-1-3-5-6/h1-5,8,11H,(H,13,14). The number of nitrogens with one attached hydrogen (secondary N) is 1. The summed E-state index contributed by atoms with van der Waals surface area (Å²) in [6, 6.07) is 8.25. The molecule has 0 radical (unpaired) electrons. The van der Waals surface area contributed by atoms with Crippen LogP contribution < -0.4 is 5.32 Å². The summed E-state index contributed by atoms with van der Waals surface area (Å²) in [5.74, 6) is -0.463. The summed E-state index contributed by atoms with van der Waals surface area (Å²) in [5, 5.41) is 10.2. The van der Waals surface area contributed by atoms with Gasteiger partial charge >= 0.3 is 6.09 Å². The summed E-state index contributed by atoms with van der Waals surface area (Å²) in [7, 11) is 0. The molecular formula is C9H8ClNO3. The minimum absolute atomic E-state index is 0.376. The maximum absolute atomic E-state index is 11.4. The lowest BCUT2D eigenvalue weighted by molar-refractivity contribution is 0.0971. The van der Waals surface area contributed by atoms with Crippen LogP contribution in [0.25, 0.3) is 0 Å². The van der Waals surface area contributed by atoms with Crippen LogP contribution in [0.15, 0.2) is 30.3 Å². The van der Waals surface area contributed by atoms with E-state index in [9.17, 15) is 9.59 Å². The van der Waals surface area contributed by atoms with Crippen LogP contribution in [-0.2, 0) is 0 Å². The van der Waals surface area contributed by atoms with Crippen LogP contribution in [0.4, 0.5) is 4.79 Å². The number of carbonyl (C=O) groups excluding carboxylic acids is 1. The van der Waals surface area contributed by atoms with E-state index in [4.69, 9.17) is 16.7 Å². The van der Waals surface area contributed by atoms with Gasteiger partial charge in [0, 0.05) is 5.56 Å². The van der Waals surface area contributed by atoms with Gasteiger partial charge in [0.2, 0.25) is 5.78 Å². The molecule has 5 heteroatoms. The number of amides is 1. The van der Waals surface area contributed by atoms with E-state index in [1.807, 2.05) is 5.32 Å². The van der Waals surface area contributed by atoms with Crippen molar-refractivity contribution in [3.05, 3.63) is 35.9 Å². The van der Waals surface area contributed by atoms with E-state index in [2.05, 4.69) is 0 Å². The molecule has 0 heterocycles. The maximum atomic E-state index is 11.4. The molecule has 0 spiro atoms. The molecule has 1 rings (SSSR count). The first-order valence-electron chi connectivity index (χ1n) is 3.84. The molecule has 1 atom stereocenters. The number of carbonyl (C=O) groups is 2. The second-order valence-electron chi connectivity index (χ2n) is 2.54. The lowest BCUT2D eigenvalue weighted by Crippen LogP contribution is -2.35. The monoisotopic (exact) mass is 213 g/mol. The largest absolute Gasteiger partial charge is 0.465 e. The maximum Gasteiger partial charge on any atom is 0.406 e. The van der Waals surface area contributed by atoms with Crippen molar-refractivity contribution in [2.24, 2.45) is 0 Å². The fourth-order valence-electron chi connectivity index (χ4n) is 0.923. The molecular weight excluding hydrogens is 206 g/mol. The Bertz CT molecular complexity index is 339. The van der Waals surface area contributed by atoms with Gasteiger partial charge in [-0.15, -0.1) is 0 Å². The quantitative estimate of drug-likeness (QED) is 0.456. The normalized spacial score (nSPS) is 11.8. The van der Waals surface area contributed by atoms with Crippen molar-refractivity contribution < 1.29 is 14.7 Å². The number of halogens is 1. The lowest BCUT2D eigenvalue weighted by atomic mass is 10.1. The van der Waals surface area contributed by atoms with Crippen LogP contribution in [0, 0.1) is 0 Å². The molecule has 1 amide bonds. The Kier molecular flexibility index (Phi) is 3.48. The number of rotatable bonds is 3. The summed E-state index contributed by atoms with van der Waals surface area (Å²) in [4.78, 5) is 21.6. The number of alkyl halides is 1. The Labute approximate surface area is 85.5 Å². The molecule has 0 saturated carbocycles. The molecule has 0 aliphatic carbocycles. The molecule has 1 aromatic rings. The second kappa shape index (κ2) is 4.62. The highest BCUT2D eigenvalue weighted by Crippen LogP contribution is 2.05. The molecule has 0 aliphatic heterocycles. The van der Waals surface area contributed by atoms with Crippen molar-refractivity contribution in [1.29, 1.82) is 0 Å². The Hall–Kier alpha value is -1.55. The summed E-state index contributed by atoms with van der Waals surface area (Å²) in [6.45, 7) is 0. The zero-order chi connectivity index (χ0) is 10.6. The molecule has 0 fully saturated rings. The highest BCUT2D eigenvalue weighted by molar-refractivity contribution is 6.34. The third-order valence-electron chi connectivity index (χ3n) is 1.54. The van der Waals surface area contributed by atoms with E-state index >= 15 is 0 Å². The summed E-state index contributed by atoms with van der Waals surface area (Å²) < 4.78 is 0. The number of hydrogen-bond acceptors (Lipinski definition) is 2. The molecule has 1 unspecified atom stereocenters. The van der Waals surface area contributed by atoms with Gasteiger partial charge in [-0.1, -0.05) is 41.9 Å². The molecule has 0 aliphatic rings. The Morgan fingerprint density at radius 3 is 2.36 bits per heavy atom. The first-order chi connectivity index (χ1) is 6.61. The van der Waals surface area contributed by atoms with E-state index < -0.39 is 17.4 Å². The van der Waals surface area contributed by atoms with Crippen LogP contribution in [-0.4, -0.2) is 22.5 Å². The highest BCUT2D eigenvalue weighted by Gasteiger charge is 2.18. The van der Waals surface area contributed by atoms with Crippen molar-refractivity contribution >= 4 is 23.5 Å². The van der Waals surface area contributed by atoms with Gasteiger partial charge in [-0.25, -0.2) is 4.79 Å². The fraction of sp³-hybridized carbons (Fsp3) is 0.111. The van der Waals surface area contributed by atoms with Crippen molar-refractivity contribution in [1.82, 2.24) is 5.32 Å². The third-order valence-corrected chi connectivity index (χ3v) is 1.85. The topological polar surface area (TPSA) is 66.4 Å². The smallest absolute Gasteiger partial charge is 0.406 e.